The van der Waals surface area contributed by atoms with Crippen molar-refractivity contribution < 1.29 is 10.2 Å². The van der Waals surface area contributed by atoms with E-state index in [-0.39, 0.29) is 6.61 Å². The van der Waals surface area contributed by atoms with E-state index in [0.29, 0.717) is 6.42 Å². The van der Waals surface area contributed by atoms with Crippen molar-refractivity contribution >= 4 is 0 Å². The van der Waals surface area contributed by atoms with Crippen LogP contribution >= 0.6 is 0 Å². The normalized spacial score (nSPS) is 13.4. The molecule has 0 aromatic carbocycles. The Kier molecular flexibility index (Phi) is 7.89. The number of rotatable bonds is 7. The topological polar surface area (TPSA) is 52.5 Å². The predicted octanol–water partition coefficient (Wildman–Crippen LogP) is 0.119. The number of nitrogens with one attached hydrogen (secondary N) is 1. The third kappa shape index (κ3) is 7.78. The second-order valence-electron chi connectivity index (χ2n) is 2.73. The summed E-state index contributed by atoms with van der Waals surface area (Å²) in [5.74, 6) is 0. The molecule has 0 heterocycles. The molecule has 0 aromatic heterocycles. The van der Waals surface area contributed by atoms with Gasteiger partial charge in [-0.2, -0.15) is 0 Å². The molecule has 0 aliphatic rings. The van der Waals surface area contributed by atoms with Gasteiger partial charge in [-0.25, -0.2) is 0 Å². The molecule has 0 saturated heterocycles. The van der Waals surface area contributed by atoms with Gasteiger partial charge in [-0.1, -0.05) is 13.3 Å². The first-order chi connectivity index (χ1) is 5.31. The van der Waals surface area contributed by atoms with Crippen LogP contribution < -0.4 is 5.32 Å². The zero-order valence-electron chi connectivity index (χ0n) is 7.21. The van der Waals surface area contributed by atoms with Crippen LogP contribution in [0.15, 0.2) is 0 Å². The highest BCUT2D eigenvalue weighted by Gasteiger charge is 1.99. The van der Waals surface area contributed by atoms with E-state index in [2.05, 4.69) is 12.2 Å². The maximum atomic E-state index is 8.92. The minimum absolute atomic E-state index is 0.130. The van der Waals surface area contributed by atoms with Crippen LogP contribution in [0.1, 0.15) is 26.2 Å². The second kappa shape index (κ2) is 7.98. The van der Waals surface area contributed by atoms with E-state index in [0.717, 1.165) is 13.1 Å². The van der Waals surface area contributed by atoms with Crippen molar-refractivity contribution in [3.8, 4) is 0 Å². The van der Waals surface area contributed by atoms with E-state index in [9.17, 15) is 0 Å². The Morgan fingerprint density at radius 1 is 1.36 bits per heavy atom. The summed E-state index contributed by atoms with van der Waals surface area (Å²) in [6.45, 7) is 3.82. The number of aliphatic hydroxyl groups excluding tert-OH is 2. The number of unbranched alkanes of at least 4 members (excludes halogenated alkanes) is 1. The standard InChI is InChI=1S/C8H19NO2/c1-2-3-5-9-6-4-8(11)7-10/h8-11H,2-7H2,1H3/t8-/m0/s1. The number of hydrogen-bond acceptors (Lipinski definition) is 3. The van der Waals surface area contributed by atoms with Gasteiger partial charge in [0.2, 0.25) is 0 Å². The van der Waals surface area contributed by atoms with Crippen molar-refractivity contribution in [1.29, 1.82) is 0 Å². The fourth-order valence-electron chi connectivity index (χ4n) is 0.787. The van der Waals surface area contributed by atoms with Gasteiger partial charge in [0, 0.05) is 0 Å². The van der Waals surface area contributed by atoms with Gasteiger partial charge in [0.05, 0.1) is 12.7 Å². The summed E-state index contributed by atoms with van der Waals surface area (Å²) in [6.07, 6.45) is 2.45. The summed E-state index contributed by atoms with van der Waals surface area (Å²) < 4.78 is 0. The summed E-state index contributed by atoms with van der Waals surface area (Å²) in [5.41, 5.74) is 0. The predicted molar refractivity (Wildman–Crippen MR) is 45.5 cm³/mol. The van der Waals surface area contributed by atoms with E-state index < -0.39 is 6.10 Å². The van der Waals surface area contributed by atoms with E-state index in [1.54, 1.807) is 0 Å². The van der Waals surface area contributed by atoms with Gasteiger partial charge in [0.15, 0.2) is 0 Å². The molecule has 1 atom stereocenters. The van der Waals surface area contributed by atoms with Crippen molar-refractivity contribution in [3.05, 3.63) is 0 Å². The first-order valence-corrected chi connectivity index (χ1v) is 4.31. The summed E-state index contributed by atoms with van der Waals surface area (Å²) in [4.78, 5) is 0. The fourth-order valence-corrected chi connectivity index (χ4v) is 0.787. The molecule has 0 aromatic rings. The SMILES string of the molecule is CCCCNCC[C@H](O)CO. The summed E-state index contributed by atoms with van der Waals surface area (Å²) in [6, 6.07) is 0. The van der Waals surface area contributed by atoms with Crippen LogP contribution in [0.4, 0.5) is 0 Å². The average molecular weight is 161 g/mol. The van der Waals surface area contributed by atoms with E-state index in [4.69, 9.17) is 10.2 Å². The molecule has 0 fully saturated rings. The molecule has 0 unspecified atom stereocenters. The third-order valence-electron chi connectivity index (χ3n) is 1.57. The van der Waals surface area contributed by atoms with Gasteiger partial charge in [-0.05, 0) is 25.9 Å². The Morgan fingerprint density at radius 2 is 2.09 bits per heavy atom. The average Bonchev–Trinajstić information content (AvgIpc) is 2.04. The lowest BCUT2D eigenvalue weighted by Crippen LogP contribution is -2.23. The molecule has 0 radical (unpaired) electrons. The largest absolute Gasteiger partial charge is 0.394 e. The lowest BCUT2D eigenvalue weighted by molar-refractivity contribution is 0.0883. The third-order valence-corrected chi connectivity index (χ3v) is 1.57. The molecule has 3 nitrogen and oxygen atoms in total. The number of aliphatic hydroxyl groups is 2. The van der Waals surface area contributed by atoms with Crippen LogP contribution in [0.25, 0.3) is 0 Å². The molecule has 0 bridgehead atoms. The Balaban J connectivity index is 2.89. The van der Waals surface area contributed by atoms with Gasteiger partial charge in [0.25, 0.3) is 0 Å². The molecule has 0 amide bonds. The first kappa shape index (κ1) is 10.9. The molecular formula is C8H19NO2. The zero-order valence-corrected chi connectivity index (χ0v) is 7.21. The Hall–Kier alpha value is -0.120. The van der Waals surface area contributed by atoms with Crippen LogP contribution in [0.5, 0.6) is 0 Å². The molecule has 3 heteroatoms. The van der Waals surface area contributed by atoms with E-state index in [1.807, 2.05) is 0 Å². The van der Waals surface area contributed by atoms with Crippen molar-refractivity contribution in [2.45, 2.75) is 32.3 Å². The molecule has 0 saturated carbocycles. The lowest BCUT2D eigenvalue weighted by atomic mass is 10.2. The second-order valence-corrected chi connectivity index (χ2v) is 2.73. The van der Waals surface area contributed by atoms with Gasteiger partial charge in [0.1, 0.15) is 0 Å². The minimum atomic E-state index is -0.552. The molecule has 0 rings (SSSR count). The summed E-state index contributed by atoms with van der Waals surface area (Å²) in [5, 5.41) is 20.6. The number of hydrogen-bond donors (Lipinski definition) is 3. The maximum Gasteiger partial charge on any atom is 0.0783 e. The van der Waals surface area contributed by atoms with Crippen LogP contribution in [-0.4, -0.2) is 36.0 Å². The van der Waals surface area contributed by atoms with Crippen molar-refractivity contribution in [1.82, 2.24) is 5.32 Å². The van der Waals surface area contributed by atoms with Crippen LogP contribution in [0.3, 0.4) is 0 Å². The maximum absolute atomic E-state index is 8.92. The molecule has 0 aliphatic heterocycles. The van der Waals surface area contributed by atoms with Gasteiger partial charge in [-0.15, -0.1) is 0 Å². The van der Waals surface area contributed by atoms with Gasteiger partial charge in [-0.3, -0.25) is 0 Å². The first-order valence-electron chi connectivity index (χ1n) is 4.31. The summed E-state index contributed by atoms with van der Waals surface area (Å²) >= 11 is 0. The highest BCUT2D eigenvalue weighted by Crippen LogP contribution is 1.88. The monoisotopic (exact) mass is 161 g/mol. The van der Waals surface area contributed by atoms with Crippen molar-refractivity contribution in [2.75, 3.05) is 19.7 Å². The zero-order chi connectivity index (χ0) is 8.53. The van der Waals surface area contributed by atoms with Gasteiger partial charge >= 0.3 is 0 Å². The van der Waals surface area contributed by atoms with Crippen LogP contribution in [0.2, 0.25) is 0 Å². The van der Waals surface area contributed by atoms with Crippen LogP contribution in [0, 0.1) is 0 Å². The van der Waals surface area contributed by atoms with Crippen LogP contribution in [-0.2, 0) is 0 Å². The highest BCUT2D eigenvalue weighted by molar-refractivity contribution is 4.55. The Bertz CT molecular complexity index is 78.5. The van der Waals surface area contributed by atoms with Gasteiger partial charge < -0.3 is 15.5 Å². The van der Waals surface area contributed by atoms with Crippen molar-refractivity contribution in [2.24, 2.45) is 0 Å². The van der Waals surface area contributed by atoms with Crippen molar-refractivity contribution in [3.63, 3.8) is 0 Å². The Morgan fingerprint density at radius 3 is 2.64 bits per heavy atom. The molecule has 3 N–H and O–H groups in total. The molecule has 0 spiro atoms. The molecule has 11 heavy (non-hydrogen) atoms. The molecule has 68 valence electrons. The quantitative estimate of drug-likeness (QED) is 0.465. The summed E-state index contributed by atoms with van der Waals surface area (Å²) in [7, 11) is 0. The Labute approximate surface area is 68.4 Å². The minimum Gasteiger partial charge on any atom is -0.394 e. The molecular weight excluding hydrogens is 142 g/mol. The van der Waals surface area contributed by atoms with E-state index in [1.165, 1.54) is 12.8 Å². The lowest BCUT2D eigenvalue weighted by Gasteiger charge is -2.07. The molecule has 0 aliphatic carbocycles. The van der Waals surface area contributed by atoms with E-state index >= 15 is 0 Å². The smallest absolute Gasteiger partial charge is 0.0783 e. The fraction of sp³-hybridized carbons (Fsp3) is 1.00. The highest BCUT2D eigenvalue weighted by atomic mass is 16.3.